The third-order valence-electron chi connectivity index (χ3n) is 3.00. The summed E-state index contributed by atoms with van der Waals surface area (Å²) in [5.41, 5.74) is 8.23. The van der Waals surface area contributed by atoms with Crippen LogP contribution in [0.1, 0.15) is 43.8 Å². The molecule has 1 aromatic carbocycles. The van der Waals surface area contributed by atoms with Gasteiger partial charge in [-0.15, -0.1) is 11.3 Å². The summed E-state index contributed by atoms with van der Waals surface area (Å²) in [4.78, 5) is 5.74. The van der Waals surface area contributed by atoms with E-state index < -0.39 is 0 Å². The normalized spacial score (nSPS) is 11.6. The largest absolute Gasteiger partial charge is 0.494 e. The van der Waals surface area contributed by atoms with Crippen molar-refractivity contribution in [2.24, 2.45) is 0 Å². The second-order valence-electron chi connectivity index (χ2n) is 5.83. The zero-order valence-electron chi connectivity index (χ0n) is 12.6. The van der Waals surface area contributed by atoms with Gasteiger partial charge in [-0.2, -0.15) is 0 Å². The van der Waals surface area contributed by atoms with Crippen LogP contribution in [0.15, 0.2) is 24.3 Å². The Hall–Kier alpha value is -1.55. The molecule has 1 aromatic heterocycles. The number of nitrogen functional groups attached to an aromatic ring is 1. The highest BCUT2D eigenvalue weighted by Crippen LogP contribution is 2.32. The molecule has 0 spiro atoms. The Balaban J connectivity index is 2.28. The molecular weight excluding hydrogens is 268 g/mol. The Morgan fingerprint density at radius 2 is 2.05 bits per heavy atom. The summed E-state index contributed by atoms with van der Waals surface area (Å²) in [7, 11) is 0. The molecule has 1 heterocycles. The van der Waals surface area contributed by atoms with Crippen LogP contribution in [0.4, 0.5) is 5.13 Å². The highest BCUT2D eigenvalue weighted by molar-refractivity contribution is 7.15. The van der Waals surface area contributed by atoms with Crippen molar-refractivity contribution < 1.29 is 4.74 Å². The van der Waals surface area contributed by atoms with Gasteiger partial charge in [-0.1, -0.05) is 32.9 Å². The first-order valence-corrected chi connectivity index (χ1v) is 7.69. The van der Waals surface area contributed by atoms with E-state index in [0.29, 0.717) is 11.7 Å². The SMILES string of the molecule is CCOc1cccc(Cc2sc(N)nc2C(C)(C)C)c1. The molecule has 0 atom stereocenters. The molecule has 0 aliphatic heterocycles. The number of thiazole rings is 1. The number of aromatic nitrogens is 1. The summed E-state index contributed by atoms with van der Waals surface area (Å²) in [5.74, 6) is 0.916. The van der Waals surface area contributed by atoms with Crippen molar-refractivity contribution in [3.05, 3.63) is 40.4 Å². The Morgan fingerprint density at radius 1 is 1.30 bits per heavy atom. The molecule has 0 bridgehead atoms. The van der Waals surface area contributed by atoms with Gasteiger partial charge in [0.05, 0.1) is 12.3 Å². The Kier molecular flexibility index (Phi) is 4.33. The van der Waals surface area contributed by atoms with Gasteiger partial charge in [0.1, 0.15) is 5.75 Å². The third kappa shape index (κ3) is 3.51. The number of anilines is 1. The van der Waals surface area contributed by atoms with Crippen molar-refractivity contribution in [2.45, 2.75) is 39.5 Å². The number of nitrogens with zero attached hydrogens (tertiary/aromatic N) is 1. The fraction of sp³-hybridized carbons (Fsp3) is 0.438. The number of nitrogens with two attached hydrogens (primary N) is 1. The van der Waals surface area contributed by atoms with Gasteiger partial charge in [0, 0.05) is 16.7 Å². The molecule has 0 amide bonds. The summed E-state index contributed by atoms with van der Waals surface area (Å²) < 4.78 is 5.55. The smallest absolute Gasteiger partial charge is 0.180 e. The molecule has 0 radical (unpaired) electrons. The Bertz CT molecular complexity index is 584. The lowest BCUT2D eigenvalue weighted by Crippen LogP contribution is -2.14. The van der Waals surface area contributed by atoms with Crippen molar-refractivity contribution in [3.63, 3.8) is 0 Å². The first kappa shape index (κ1) is 14.9. The van der Waals surface area contributed by atoms with Crippen LogP contribution in [0, 0.1) is 0 Å². The number of hydrogen-bond acceptors (Lipinski definition) is 4. The summed E-state index contributed by atoms with van der Waals surface area (Å²) in [6.45, 7) is 9.18. The van der Waals surface area contributed by atoms with Crippen LogP contribution in [0.2, 0.25) is 0 Å². The summed E-state index contributed by atoms with van der Waals surface area (Å²) in [6.07, 6.45) is 0.850. The molecular formula is C16H22N2OS. The maximum atomic E-state index is 5.89. The van der Waals surface area contributed by atoms with Crippen LogP contribution >= 0.6 is 11.3 Å². The minimum atomic E-state index is 0.0149. The van der Waals surface area contributed by atoms with Gasteiger partial charge in [-0.05, 0) is 24.6 Å². The van der Waals surface area contributed by atoms with Crippen LogP contribution in [0.3, 0.4) is 0 Å². The fourth-order valence-electron chi connectivity index (χ4n) is 2.17. The Labute approximate surface area is 124 Å². The second-order valence-corrected chi connectivity index (χ2v) is 6.95. The molecule has 2 rings (SSSR count). The lowest BCUT2D eigenvalue weighted by molar-refractivity contribution is 0.340. The van der Waals surface area contributed by atoms with E-state index in [9.17, 15) is 0 Å². The maximum Gasteiger partial charge on any atom is 0.180 e. The number of ether oxygens (including phenoxy) is 1. The first-order valence-electron chi connectivity index (χ1n) is 6.87. The maximum absolute atomic E-state index is 5.89. The van der Waals surface area contributed by atoms with E-state index >= 15 is 0 Å². The molecule has 2 aromatic rings. The van der Waals surface area contributed by atoms with Crippen molar-refractivity contribution >= 4 is 16.5 Å². The molecule has 20 heavy (non-hydrogen) atoms. The van der Waals surface area contributed by atoms with Gasteiger partial charge in [0.25, 0.3) is 0 Å². The van der Waals surface area contributed by atoms with E-state index in [2.05, 4.69) is 37.9 Å². The van der Waals surface area contributed by atoms with Gasteiger partial charge in [0.2, 0.25) is 0 Å². The second kappa shape index (κ2) is 5.83. The van der Waals surface area contributed by atoms with E-state index in [-0.39, 0.29) is 5.41 Å². The molecule has 0 fully saturated rings. The van der Waals surface area contributed by atoms with Gasteiger partial charge < -0.3 is 10.5 Å². The van der Waals surface area contributed by atoms with Gasteiger partial charge in [0.15, 0.2) is 5.13 Å². The molecule has 3 nitrogen and oxygen atoms in total. The zero-order valence-corrected chi connectivity index (χ0v) is 13.4. The van der Waals surface area contributed by atoms with E-state index in [1.165, 1.54) is 10.4 Å². The average Bonchev–Trinajstić information content (AvgIpc) is 2.71. The number of rotatable bonds is 4. The standard InChI is InChI=1S/C16H22N2OS/c1-5-19-12-8-6-7-11(9-12)10-13-14(16(2,3)4)18-15(17)20-13/h6-9H,5,10H2,1-4H3,(H2,17,18). The van der Waals surface area contributed by atoms with Crippen LogP contribution < -0.4 is 10.5 Å². The summed E-state index contributed by atoms with van der Waals surface area (Å²) >= 11 is 1.58. The highest BCUT2D eigenvalue weighted by atomic mass is 32.1. The predicted molar refractivity (Wildman–Crippen MR) is 85.6 cm³/mol. The summed E-state index contributed by atoms with van der Waals surface area (Å²) in [5, 5.41) is 0.644. The van der Waals surface area contributed by atoms with Gasteiger partial charge >= 0.3 is 0 Å². The van der Waals surface area contributed by atoms with E-state index in [1.807, 2.05) is 19.1 Å². The quantitative estimate of drug-likeness (QED) is 0.925. The van der Waals surface area contributed by atoms with Crippen LogP contribution in [-0.2, 0) is 11.8 Å². The van der Waals surface area contributed by atoms with E-state index in [4.69, 9.17) is 10.5 Å². The zero-order chi connectivity index (χ0) is 14.8. The number of hydrogen-bond donors (Lipinski definition) is 1. The third-order valence-corrected chi connectivity index (χ3v) is 3.88. The molecule has 2 N–H and O–H groups in total. The highest BCUT2D eigenvalue weighted by Gasteiger charge is 2.22. The molecule has 0 aliphatic carbocycles. The van der Waals surface area contributed by atoms with Crippen molar-refractivity contribution in [1.82, 2.24) is 4.98 Å². The predicted octanol–water partition coefficient (Wildman–Crippen LogP) is 4.01. The lowest BCUT2D eigenvalue weighted by Gasteiger charge is -2.17. The van der Waals surface area contributed by atoms with E-state index in [0.717, 1.165) is 17.9 Å². The topological polar surface area (TPSA) is 48.1 Å². The van der Waals surface area contributed by atoms with Crippen LogP contribution in [0.5, 0.6) is 5.75 Å². The van der Waals surface area contributed by atoms with Crippen LogP contribution in [-0.4, -0.2) is 11.6 Å². The van der Waals surface area contributed by atoms with Crippen molar-refractivity contribution in [1.29, 1.82) is 0 Å². The first-order chi connectivity index (χ1) is 9.40. The minimum Gasteiger partial charge on any atom is -0.494 e. The number of benzene rings is 1. The molecule has 0 aliphatic rings. The Morgan fingerprint density at radius 3 is 2.70 bits per heavy atom. The van der Waals surface area contributed by atoms with E-state index in [1.54, 1.807) is 11.3 Å². The monoisotopic (exact) mass is 290 g/mol. The molecule has 0 saturated heterocycles. The molecule has 0 saturated carbocycles. The van der Waals surface area contributed by atoms with Crippen LogP contribution in [0.25, 0.3) is 0 Å². The lowest BCUT2D eigenvalue weighted by atomic mass is 9.90. The molecule has 0 unspecified atom stereocenters. The van der Waals surface area contributed by atoms with Crippen molar-refractivity contribution in [3.8, 4) is 5.75 Å². The van der Waals surface area contributed by atoms with Crippen molar-refractivity contribution in [2.75, 3.05) is 12.3 Å². The molecule has 4 heteroatoms. The van der Waals surface area contributed by atoms with Gasteiger partial charge in [-0.3, -0.25) is 0 Å². The fourth-order valence-corrected chi connectivity index (χ4v) is 3.25. The molecule has 108 valence electrons. The minimum absolute atomic E-state index is 0.0149. The average molecular weight is 290 g/mol. The van der Waals surface area contributed by atoms with Gasteiger partial charge in [-0.25, -0.2) is 4.98 Å². The summed E-state index contributed by atoms with van der Waals surface area (Å²) in [6, 6.07) is 8.22.